The van der Waals surface area contributed by atoms with E-state index in [1.54, 1.807) is 0 Å². The van der Waals surface area contributed by atoms with Gasteiger partial charge in [-0.15, -0.1) is 0 Å². The maximum Gasteiger partial charge on any atom is 0.354 e. The molecule has 0 saturated carbocycles. The number of aromatic carboxylic acids is 1. The number of aromatic nitrogens is 1. The van der Waals surface area contributed by atoms with Gasteiger partial charge in [0, 0.05) is 5.56 Å². The number of nitrogens with zero attached hydrogens (tertiary/aromatic N) is 1. The Labute approximate surface area is 118 Å². The van der Waals surface area contributed by atoms with Gasteiger partial charge in [0.25, 0.3) is 0 Å². The molecule has 21 heavy (non-hydrogen) atoms. The molecule has 0 aliphatic heterocycles. The molecule has 1 heterocycles. The smallest absolute Gasteiger partial charge is 0.354 e. The average molecular weight is 324 g/mol. The van der Waals surface area contributed by atoms with Crippen molar-refractivity contribution < 1.29 is 31.9 Å². The van der Waals surface area contributed by atoms with Crippen molar-refractivity contribution in [3.8, 4) is 11.1 Å². The van der Waals surface area contributed by atoms with E-state index in [0.717, 1.165) is 12.1 Å². The molecule has 0 bridgehead atoms. The predicted molar refractivity (Wildman–Crippen MR) is 61.4 cm³/mol. The number of rotatable bonds is 2. The number of carboxylic acid groups (broad SMARTS) is 1. The highest BCUT2D eigenvalue weighted by molar-refractivity contribution is 6.32. The van der Waals surface area contributed by atoms with Gasteiger partial charge in [0.1, 0.15) is 10.8 Å². The van der Waals surface area contributed by atoms with Gasteiger partial charge in [0.05, 0.1) is 5.56 Å². The first-order valence-corrected chi connectivity index (χ1v) is 5.55. The van der Waals surface area contributed by atoms with Crippen molar-refractivity contribution in [3.63, 3.8) is 0 Å². The third-order valence-electron chi connectivity index (χ3n) is 2.55. The van der Waals surface area contributed by atoms with Gasteiger partial charge in [-0.25, -0.2) is 31.7 Å². The zero-order valence-electron chi connectivity index (χ0n) is 9.73. The molecule has 1 N–H and O–H groups in total. The van der Waals surface area contributed by atoms with Gasteiger partial charge in [0.15, 0.2) is 23.3 Å². The molecule has 0 fully saturated rings. The molecule has 2 aromatic rings. The van der Waals surface area contributed by atoms with Crippen molar-refractivity contribution in [2.75, 3.05) is 0 Å². The van der Waals surface area contributed by atoms with E-state index in [1.807, 2.05) is 0 Å². The summed E-state index contributed by atoms with van der Waals surface area (Å²) < 4.78 is 66.4. The topological polar surface area (TPSA) is 50.2 Å². The second-order valence-corrected chi connectivity index (χ2v) is 4.14. The molecular formula is C12H3ClF5NO2. The van der Waals surface area contributed by atoms with Crippen LogP contribution in [0.5, 0.6) is 0 Å². The monoisotopic (exact) mass is 323 g/mol. The van der Waals surface area contributed by atoms with Crippen LogP contribution in [0.15, 0.2) is 12.1 Å². The Hall–Kier alpha value is -2.22. The summed E-state index contributed by atoms with van der Waals surface area (Å²) >= 11 is 5.55. The van der Waals surface area contributed by atoms with Crippen LogP contribution in [0.3, 0.4) is 0 Å². The maximum absolute atomic E-state index is 13.6. The van der Waals surface area contributed by atoms with Crippen LogP contribution >= 0.6 is 11.6 Å². The summed E-state index contributed by atoms with van der Waals surface area (Å²) in [7, 11) is 0. The lowest BCUT2D eigenvalue weighted by atomic mass is 10.0. The molecule has 0 unspecified atom stereocenters. The lowest BCUT2D eigenvalue weighted by Crippen LogP contribution is -2.06. The van der Waals surface area contributed by atoms with E-state index in [2.05, 4.69) is 4.98 Å². The van der Waals surface area contributed by atoms with Crippen molar-refractivity contribution >= 4 is 17.6 Å². The second-order valence-electron chi connectivity index (χ2n) is 3.78. The third kappa shape index (κ3) is 2.42. The summed E-state index contributed by atoms with van der Waals surface area (Å²) in [5.41, 5.74) is -2.44. The van der Waals surface area contributed by atoms with E-state index >= 15 is 0 Å². The average Bonchev–Trinajstić information content (AvgIpc) is 2.44. The van der Waals surface area contributed by atoms with E-state index in [-0.39, 0.29) is 0 Å². The Morgan fingerprint density at radius 1 is 0.952 bits per heavy atom. The fourth-order valence-corrected chi connectivity index (χ4v) is 1.83. The minimum Gasteiger partial charge on any atom is -0.477 e. The molecular weight excluding hydrogens is 321 g/mol. The quantitative estimate of drug-likeness (QED) is 0.396. The van der Waals surface area contributed by atoms with Crippen LogP contribution in [0.4, 0.5) is 22.0 Å². The highest BCUT2D eigenvalue weighted by Crippen LogP contribution is 2.34. The molecule has 1 aromatic heterocycles. The number of carbonyl (C=O) groups is 1. The largest absolute Gasteiger partial charge is 0.477 e. The van der Waals surface area contributed by atoms with Gasteiger partial charge < -0.3 is 5.11 Å². The van der Waals surface area contributed by atoms with Crippen molar-refractivity contribution in [1.82, 2.24) is 4.98 Å². The Bertz CT molecular complexity index is 737. The zero-order chi connectivity index (χ0) is 15.9. The number of halogens is 6. The molecule has 0 aliphatic carbocycles. The minimum atomic E-state index is -2.31. The number of hydrogen-bond acceptors (Lipinski definition) is 2. The molecule has 3 nitrogen and oxygen atoms in total. The van der Waals surface area contributed by atoms with Crippen LogP contribution in [0, 0.1) is 29.1 Å². The van der Waals surface area contributed by atoms with E-state index in [4.69, 9.17) is 16.7 Å². The van der Waals surface area contributed by atoms with E-state index < -0.39 is 57.0 Å². The van der Waals surface area contributed by atoms with Gasteiger partial charge in [-0.3, -0.25) is 0 Å². The lowest BCUT2D eigenvalue weighted by Gasteiger charge is -2.09. The Morgan fingerprint density at radius 3 is 1.86 bits per heavy atom. The first kappa shape index (κ1) is 15.2. The molecule has 0 spiro atoms. The third-order valence-corrected chi connectivity index (χ3v) is 2.84. The fraction of sp³-hybridized carbons (Fsp3) is 0. The van der Waals surface area contributed by atoms with Crippen molar-refractivity contribution in [2.24, 2.45) is 0 Å². The van der Waals surface area contributed by atoms with Crippen molar-refractivity contribution in [1.29, 1.82) is 0 Å². The van der Waals surface area contributed by atoms with Crippen molar-refractivity contribution in [2.45, 2.75) is 0 Å². The summed E-state index contributed by atoms with van der Waals surface area (Å²) in [6.07, 6.45) is 0. The first-order valence-electron chi connectivity index (χ1n) is 5.17. The van der Waals surface area contributed by atoms with Crippen molar-refractivity contribution in [3.05, 3.63) is 52.1 Å². The highest BCUT2D eigenvalue weighted by Gasteiger charge is 2.28. The number of benzene rings is 1. The Kier molecular flexibility index (Phi) is 3.82. The summed E-state index contributed by atoms with van der Waals surface area (Å²) in [5.74, 6) is -12.2. The van der Waals surface area contributed by atoms with Crippen LogP contribution in [0.2, 0.25) is 5.15 Å². The Morgan fingerprint density at radius 2 is 1.43 bits per heavy atom. The van der Waals surface area contributed by atoms with Crippen LogP contribution < -0.4 is 0 Å². The van der Waals surface area contributed by atoms with Crippen LogP contribution in [-0.4, -0.2) is 16.1 Å². The molecule has 110 valence electrons. The predicted octanol–water partition coefficient (Wildman–Crippen LogP) is 3.80. The summed E-state index contributed by atoms with van der Waals surface area (Å²) in [4.78, 5) is 14.0. The second kappa shape index (κ2) is 5.28. The standard InChI is InChI=1S/C12H3ClF5NO2/c13-11-3(1-2-4(19-11)12(20)21)5-6(14)8(16)10(18)9(17)7(5)15/h1-2H,(H,20,21). The number of carboxylic acids is 1. The molecule has 1 aromatic carbocycles. The normalized spacial score (nSPS) is 10.8. The Balaban J connectivity index is 2.77. The summed E-state index contributed by atoms with van der Waals surface area (Å²) in [6.45, 7) is 0. The molecule has 0 saturated heterocycles. The molecule has 0 atom stereocenters. The first-order chi connectivity index (χ1) is 9.75. The van der Waals surface area contributed by atoms with Crippen LogP contribution in [-0.2, 0) is 0 Å². The van der Waals surface area contributed by atoms with Gasteiger partial charge in [-0.05, 0) is 12.1 Å². The zero-order valence-corrected chi connectivity index (χ0v) is 10.5. The maximum atomic E-state index is 13.6. The number of hydrogen-bond donors (Lipinski definition) is 1. The summed E-state index contributed by atoms with van der Waals surface area (Å²) in [5, 5.41) is 7.96. The summed E-state index contributed by atoms with van der Waals surface area (Å²) in [6, 6.07) is 1.62. The number of pyridine rings is 1. The molecule has 0 aliphatic rings. The van der Waals surface area contributed by atoms with Gasteiger partial charge in [-0.1, -0.05) is 11.6 Å². The van der Waals surface area contributed by atoms with Gasteiger partial charge in [0.2, 0.25) is 5.82 Å². The lowest BCUT2D eigenvalue weighted by molar-refractivity contribution is 0.0690. The van der Waals surface area contributed by atoms with Gasteiger partial charge in [-0.2, -0.15) is 0 Å². The van der Waals surface area contributed by atoms with Gasteiger partial charge >= 0.3 is 5.97 Å². The molecule has 9 heteroatoms. The SMILES string of the molecule is O=C(O)c1ccc(-c2c(F)c(F)c(F)c(F)c2F)c(Cl)n1. The molecule has 0 amide bonds. The van der Waals surface area contributed by atoms with Crippen LogP contribution in [0.25, 0.3) is 11.1 Å². The molecule has 0 radical (unpaired) electrons. The van der Waals surface area contributed by atoms with E-state index in [0.29, 0.717) is 0 Å². The van der Waals surface area contributed by atoms with E-state index in [9.17, 15) is 26.7 Å². The highest BCUT2D eigenvalue weighted by atomic mass is 35.5. The minimum absolute atomic E-state index is 0.548. The fourth-order valence-electron chi connectivity index (χ4n) is 1.58. The molecule has 2 rings (SSSR count). The van der Waals surface area contributed by atoms with Crippen LogP contribution in [0.1, 0.15) is 10.5 Å². The van der Waals surface area contributed by atoms with E-state index in [1.165, 1.54) is 0 Å².